The molecule has 0 fully saturated rings. The molecule has 0 aliphatic heterocycles. The molecule has 2 rings (SSSR count). The molecule has 0 bridgehead atoms. The number of aromatic amines is 1. The second kappa shape index (κ2) is 6.21. The van der Waals surface area contributed by atoms with Crippen LogP contribution in [0.25, 0.3) is 0 Å². The molecule has 18 heavy (non-hydrogen) atoms. The molecule has 1 amide bonds. The van der Waals surface area contributed by atoms with Crippen LogP contribution in [0.15, 0.2) is 35.7 Å². The quantitative estimate of drug-likeness (QED) is 0.585. The lowest BCUT2D eigenvalue weighted by Crippen LogP contribution is -2.19. The average Bonchev–Trinajstić information content (AvgIpc) is 2.85. The topological polar surface area (TPSA) is 115 Å². The summed E-state index contributed by atoms with van der Waals surface area (Å²) in [5.41, 5.74) is 2.92. The van der Waals surface area contributed by atoms with Gasteiger partial charge in [-0.2, -0.15) is 10.2 Å². The van der Waals surface area contributed by atoms with E-state index in [4.69, 9.17) is 0 Å². The molecule has 0 radical (unpaired) electrons. The van der Waals surface area contributed by atoms with Crippen molar-refractivity contribution in [3.63, 3.8) is 0 Å². The smallest absolute Gasteiger partial charge is 0.308 e. The maximum absolute atomic E-state index is 12.6. The molecule has 1 heterocycles. The molecule has 1 aromatic carbocycles. The first kappa shape index (κ1) is 13.5. The fourth-order valence-electron chi connectivity index (χ4n) is 1.08. The predicted molar refractivity (Wildman–Crippen MR) is 61.5 cm³/mol. The number of benzene rings is 1. The molecule has 2 aromatic rings. The van der Waals surface area contributed by atoms with E-state index in [0.717, 1.165) is 0 Å². The molecule has 8 heteroatoms. The van der Waals surface area contributed by atoms with Crippen LogP contribution in [0.1, 0.15) is 16.2 Å². The van der Waals surface area contributed by atoms with E-state index < -0.39 is 5.91 Å². The van der Waals surface area contributed by atoms with E-state index in [2.05, 4.69) is 25.7 Å². The van der Waals surface area contributed by atoms with Gasteiger partial charge in [-0.3, -0.25) is 9.89 Å². The first-order chi connectivity index (χ1) is 8.25. The average molecular weight is 251 g/mol. The molecule has 7 nitrogen and oxygen atoms in total. The molecule has 0 aliphatic carbocycles. The van der Waals surface area contributed by atoms with Crippen LogP contribution in [-0.4, -0.2) is 32.8 Å². The van der Waals surface area contributed by atoms with Crippen molar-refractivity contribution in [3.8, 4) is 0 Å². The summed E-state index contributed by atoms with van der Waals surface area (Å²) >= 11 is 0. The third kappa shape index (κ3) is 3.46. The number of carbonyl (C=O) groups is 1. The summed E-state index contributed by atoms with van der Waals surface area (Å²) < 4.78 is 12.6. The van der Waals surface area contributed by atoms with Crippen LogP contribution in [0, 0.1) is 5.82 Å². The Morgan fingerprint density at radius 1 is 1.39 bits per heavy atom. The zero-order chi connectivity index (χ0) is 12.1. The minimum Gasteiger partial charge on any atom is -0.412 e. The van der Waals surface area contributed by atoms with Gasteiger partial charge in [0.05, 0.1) is 6.21 Å². The first-order valence-electron chi connectivity index (χ1n) is 4.70. The summed E-state index contributed by atoms with van der Waals surface area (Å²) in [6.07, 6.45) is 2.62. The monoisotopic (exact) mass is 251 g/mol. The van der Waals surface area contributed by atoms with E-state index in [1.165, 1.54) is 24.7 Å². The van der Waals surface area contributed by atoms with E-state index in [1.54, 1.807) is 12.1 Å². The minimum atomic E-state index is -0.499. The second-order valence-corrected chi connectivity index (χ2v) is 3.08. The van der Waals surface area contributed by atoms with Crippen LogP contribution in [0.3, 0.4) is 0 Å². The highest BCUT2D eigenvalue weighted by atomic mass is 19.1. The van der Waals surface area contributed by atoms with Crippen LogP contribution in [0.2, 0.25) is 0 Å². The summed E-state index contributed by atoms with van der Waals surface area (Å²) in [6.45, 7) is 0. The maximum Gasteiger partial charge on any atom is 0.308 e. The van der Waals surface area contributed by atoms with Gasteiger partial charge in [0.2, 0.25) is 5.82 Å². The molecule has 1 aromatic heterocycles. The zero-order valence-electron chi connectivity index (χ0n) is 9.09. The number of halogens is 1. The van der Waals surface area contributed by atoms with E-state index in [9.17, 15) is 9.18 Å². The normalized spacial score (nSPS) is 10.1. The minimum absolute atomic E-state index is 0. The van der Waals surface area contributed by atoms with Gasteiger partial charge in [-0.15, -0.1) is 0 Å². The van der Waals surface area contributed by atoms with Gasteiger partial charge in [0.1, 0.15) is 12.1 Å². The van der Waals surface area contributed by atoms with E-state index in [0.29, 0.717) is 5.56 Å². The van der Waals surface area contributed by atoms with Crippen molar-refractivity contribution in [1.82, 2.24) is 20.6 Å². The summed E-state index contributed by atoms with van der Waals surface area (Å²) in [5, 5.41) is 9.62. The molecular weight excluding hydrogens is 241 g/mol. The predicted octanol–water partition coefficient (Wildman–Crippen LogP) is -0.117. The number of hydrazone groups is 1. The van der Waals surface area contributed by atoms with Crippen molar-refractivity contribution >= 4 is 12.1 Å². The van der Waals surface area contributed by atoms with Crippen LogP contribution in [-0.2, 0) is 0 Å². The Balaban J connectivity index is 0.00000162. The van der Waals surface area contributed by atoms with Crippen molar-refractivity contribution in [2.75, 3.05) is 0 Å². The van der Waals surface area contributed by atoms with Crippen LogP contribution >= 0.6 is 0 Å². The third-order valence-corrected chi connectivity index (χ3v) is 1.88. The Kier molecular flexibility index (Phi) is 4.64. The molecule has 0 saturated carbocycles. The summed E-state index contributed by atoms with van der Waals surface area (Å²) in [7, 11) is 0. The number of nitrogens with one attached hydrogen (secondary N) is 2. The number of hydrogen-bond donors (Lipinski definition) is 2. The highest BCUT2D eigenvalue weighted by Crippen LogP contribution is 1.99. The van der Waals surface area contributed by atoms with Gasteiger partial charge < -0.3 is 5.48 Å². The van der Waals surface area contributed by atoms with Crippen LogP contribution in [0.5, 0.6) is 0 Å². The second-order valence-electron chi connectivity index (χ2n) is 3.08. The van der Waals surface area contributed by atoms with Crippen LogP contribution in [0.4, 0.5) is 4.39 Å². The Bertz CT molecular complexity index is 524. The van der Waals surface area contributed by atoms with Crippen LogP contribution < -0.4 is 5.43 Å². The number of hydrogen-bond acceptors (Lipinski definition) is 4. The van der Waals surface area contributed by atoms with E-state index in [1.807, 2.05) is 0 Å². The lowest BCUT2D eigenvalue weighted by Gasteiger charge is -1.95. The fourth-order valence-corrected chi connectivity index (χ4v) is 1.08. The first-order valence-corrected chi connectivity index (χ1v) is 4.70. The van der Waals surface area contributed by atoms with Gasteiger partial charge in [-0.05, 0) is 17.7 Å². The standard InChI is InChI=1S/C10H8FN5O.H2O/c11-8-3-1-7(2-4-8)5-13-16-10(17)9-12-6-14-15-9;/h1-6H,(H,16,17)(H,12,14,15);1H2/b13-5+;. The number of rotatable bonds is 3. The number of aromatic nitrogens is 3. The summed E-state index contributed by atoms with van der Waals surface area (Å²) in [5.74, 6) is -0.755. The largest absolute Gasteiger partial charge is 0.412 e. The van der Waals surface area contributed by atoms with Gasteiger partial charge in [-0.25, -0.2) is 14.8 Å². The molecule has 0 saturated heterocycles. The summed E-state index contributed by atoms with van der Waals surface area (Å²) in [6, 6.07) is 5.69. The van der Waals surface area contributed by atoms with E-state index in [-0.39, 0.29) is 17.1 Å². The SMILES string of the molecule is O.O=C(N/N=C/c1ccc(F)cc1)c1ncn[nH]1. The van der Waals surface area contributed by atoms with Crippen molar-refractivity contribution < 1.29 is 14.7 Å². The van der Waals surface area contributed by atoms with E-state index >= 15 is 0 Å². The molecule has 94 valence electrons. The Morgan fingerprint density at radius 3 is 2.72 bits per heavy atom. The van der Waals surface area contributed by atoms with Crippen molar-refractivity contribution in [1.29, 1.82) is 0 Å². The Morgan fingerprint density at radius 2 is 2.11 bits per heavy atom. The van der Waals surface area contributed by atoms with Crippen molar-refractivity contribution in [3.05, 3.63) is 47.8 Å². The highest BCUT2D eigenvalue weighted by molar-refractivity contribution is 5.91. The molecule has 0 aliphatic rings. The Hall–Kier alpha value is -2.61. The molecular formula is C10H10FN5O2. The lowest BCUT2D eigenvalue weighted by atomic mass is 10.2. The van der Waals surface area contributed by atoms with Gasteiger partial charge in [-0.1, -0.05) is 12.1 Å². The summed E-state index contributed by atoms with van der Waals surface area (Å²) in [4.78, 5) is 15.0. The Labute approximate surface area is 101 Å². The zero-order valence-corrected chi connectivity index (χ0v) is 9.09. The number of nitrogens with zero attached hydrogens (tertiary/aromatic N) is 3. The molecule has 0 spiro atoms. The molecule has 0 unspecified atom stereocenters. The number of H-pyrrole nitrogens is 1. The fraction of sp³-hybridized carbons (Fsp3) is 0. The van der Waals surface area contributed by atoms with Crippen molar-refractivity contribution in [2.24, 2.45) is 5.10 Å². The van der Waals surface area contributed by atoms with Crippen molar-refractivity contribution in [2.45, 2.75) is 0 Å². The van der Waals surface area contributed by atoms with Gasteiger partial charge in [0.25, 0.3) is 0 Å². The van der Waals surface area contributed by atoms with Gasteiger partial charge in [0.15, 0.2) is 0 Å². The lowest BCUT2D eigenvalue weighted by molar-refractivity contribution is 0.0945. The number of carbonyl (C=O) groups excluding carboxylic acids is 1. The highest BCUT2D eigenvalue weighted by Gasteiger charge is 2.05. The van der Waals surface area contributed by atoms with Gasteiger partial charge in [0, 0.05) is 0 Å². The molecule has 4 N–H and O–H groups in total. The number of amides is 1. The third-order valence-electron chi connectivity index (χ3n) is 1.88. The molecule has 0 atom stereocenters. The van der Waals surface area contributed by atoms with Gasteiger partial charge >= 0.3 is 5.91 Å². The maximum atomic E-state index is 12.6.